The number of rotatable bonds is 5. The summed E-state index contributed by atoms with van der Waals surface area (Å²) in [6, 6.07) is 0. The Hall–Kier alpha value is 0.250. The first kappa shape index (κ1) is 11.7. The van der Waals surface area contributed by atoms with Gasteiger partial charge in [0, 0.05) is 12.0 Å². The molecule has 2 heteroatoms. The maximum atomic E-state index is 6.43. The van der Waals surface area contributed by atoms with Crippen LogP contribution in [0, 0.1) is 5.92 Å². The van der Waals surface area contributed by atoms with Crippen LogP contribution in [0.3, 0.4) is 0 Å². The molecule has 1 heterocycles. The molecule has 1 saturated heterocycles. The van der Waals surface area contributed by atoms with Crippen LogP contribution in [0.2, 0.25) is 0 Å². The van der Waals surface area contributed by atoms with E-state index in [1.807, 2.05) is 0 Å². The highest BCUT2D eigenvalue weighted by atomic mass is 35.5. The van der Waals surface area contributed by atoms with Gasteiger partial charge in [0.25, 0.3) is 0 Å². The first-order chi connectivity index (χ1) is 7.36. The Morgan fingerprint density at radius 1 is 1.13 bits per heavy atom. The van der Waals surface area contributed by atoms with Gasteiger partial charge in [0.15, 0.2) is 0 Å². The zero-order chi connectivity index (χ0) is 10.5. The van der Waals surface area contributed by atoms with Gasteiger partial charge in [-0.15, -0.1) is 11.6 Å². The number of hydrogen-bond acceptors (Lipinski definition) is 1. The Kier molecular flexibility index (Phi) is 4.77. The molecule has 88 valence electrons. The van der Waals surface area contributed by atoms with Crippen molar-refractivity contribution in [2.45, 2.75) is 69.3 Å². The minimum Gasteiger partial charge on any atom is -0.378 e. The average Bonchev–Trinajstić information content (AvgIpc) is 2.90. The molecule has 0 N–H and O–H groups in total. The predicted molar refractivity (Wildman–Crippen MR) is 64.4 cm³/mol. The maximum absolute atomic E-state index is 6.43. The molecule has 0 spiro atoms. The minimum atomic E-state index is 0.439. The third-order valence-corrected chi connectivity index (χ3v) is 4.52. The number of alkyl halides is 1. The summed E-state index contributed by atoms with van der Waals surface area (Å²) in [4.78, 5) is 0. The van der Waals surface area contributed by atoms with Crippen molar-refractivity contribution in [2.24, 2.45) is 5.92 Å². The zero-order valence-corrected chi connectivity index (χ0v) is 10.3. The lowest BCUT2D eigenvalue weighted by Gasteiger charge is -2.17. The van der Waals surface area contributed by atoms with Crippen molar-refractivity contribution in [3.63, 3.8) is 0 Å². The second-order valence-corrected chi connectivity index (χ2v) is 5.69. The van der Waals surface area contributed by atoms with E-state index in [2.05, 4.69) is 0 Å². The van der Waals surface area contributed by atoms with Crippen molar-refractivity contribution in [2.75, 3.05) is 6.61 Å². The molecule has 0 bridgehead atoms. The van der Waals surface area contributed by atoms with Crippen molar-refractivity contribution in [1.29, 1.82) is 0 Å². The summed E-state index contributed by atoms with van der Waals surface area (Å²) < 4.78 is 5.62. The molecule has 0 amide bonds. The highest BCUT2D eigenvalue weighted by Gasteiger charge is 2.23. The lowest BCUT2D eigenvalue weighted by Crippen LogP contribution is -2.12. The zero-order valence-electron chi connectivity index (χ0n) is 9.59. The van der Waals surface area contributed by atoms with Crippen LogP contribution in [0.1, 0.15) is 57.8 Å². The largest absolute Gasteiger partial charge is 0.378 e. The van der Waals surface area contributed by atoms with Crippen LogP contribution < -0.4 is 0 Å². The van der Waals surface area contributed by atoms with Crippen LogP contribution in [0.5, 0.6) is 0 Å². The highest BCUT2D eigenvalue weighted by molar-refractivity contribution is 6.20. The summed E-state index contributed by atoms with van der Waals surface area (Å²) >= 11 is 6.43. The van der Waals surface area contributed by atoms with E-state index in [4.69, 9.17) is 16.3 Å². The topological polar surface area (TPSA) is 9.23 Å². The summed E-state index contributed by atoms with van der Waals surface area (Å²) in [5, 5.41) is 0.439. The molecule has 2 aliphatic rings. The van der Waals surface area contributed by atoms with E-state index in [-0.39, 0.29) is 0 Å². The lowest BCUT2D eigenvalue weighted by atomic mass is 9.98. The first-order valence-electron chi connectivity index (χ1n) is 6.62. The highest BCUT2D eigenvalue weighted by Crippen LogP contribution is 2.33. The summed E-state index contributed by atoms with van der Waals surface area (Å²) in [5.41, 5.74) is 0. The Morgan fingerprint density at radius 2 is 1.93 bits per heavy atom. The Labute approximate surface area is 98.5 Å². The fourth-order valence-corrected chi connectivity index (χ4v) is 3.37. The molecular weight excluding hydrogens is 208 g/mol. The average molecular weight is 231 g/mol. The van der Waals surface area contributed by atoms with Gasteiger partial charge < -0.3 is 4.74 Å². The number of halogens is 1. The fourth-order valence-electron chi connectivity index (χ4n) is 2.97. The molecule has 0 aromatic rings. The standard InChI is InChI=1S/C13H23ClO/c14-13(11-5-1-2-6-11)9-3-7-12-8-4-10-15-12/h11-13H,1-10H2. The monoisotopic (exact) mass is 230 g/mol. The van der Waals surface area contributed by atoms with Gasteiger partial charge in [-0.25, -0.2) is 0 Å². The smallest absolute Gasteiger partial charge is 0.0576 e. The molecule has 0 aromatic heterocycles. The van der Waals surface area contributed by atoms with Gasteiger partial charge in [-0.05, 0) is 50.9 Å². The van der Waals surface area contributed by atoms with Crippen molar-refractivity contribution < 1.29 is 4.74 Å². The van der Waals surface area contributed by atoms with Gasteiger partial charge in [-0.2, -0.15) is 0 Å². The van der Waals surface area contributed by atoms with E-state index >= 15 is 0 Å². The molecule has 1 saturated carbocycles. The van der Waals surface area contributed by atoms with Gasteiger partial charge in [-0.1, -0.05) is 12.8 Å². The second-order valence-electron chi connectivity index (χ2n) is 5.13. The minimum absolute atomic E-state index is 0.439. The molecule has 2 fully saturated rings. The summed E-state index contributed by atoms with van der Waals surface area (Å²) in [5.74, 6) is 0.816. The van der Waals surface area contributed by atoms with Crippen molar-refractivity contribution in [3.05, 3.63) is 0 Å². The molecule has 15 heavy (non-hydrogen) atoms. The molecule has 2 unspecified atom stereocenters. The quantitative estimate of drug-likeness (QED) is 0.646. The van der Waals surface area contributed by atoms with Crippen LogP contribution >= 0.6 is 11.6 Å². The normalized spacial score (nSPS) is 29.8. The Bertz CT molecular complexity index is 171. The van der Waals surface area contributed by atoms with Gasteiger partial charge in [-0.3, -0.25) is 0 Å². The van der Waals surface area contributed by atoms with Crippen LogP contribution in [-0.4, -0.2) is 18.1 Å². The molecule has 0 aromatic carbocycles. The third kappa shape index (κ3) is 3.64. The first-order valence-corrected chi connectivity index (χ1v) is 7.05. The molecule has 0 radical (unpaired) electrons. The van der Waals surface area contributed by atoms with Crippen LogP contribution in [-0.2, 0) is 4.74 Å². The lowest BCUT2D eigenvalue weighted by molar-refractivity contribution is 0.102. The molecule has 2 atom stereocenters. The van der Waals surface area contributed by atoms with E-state index < -0.39 is 0 Å². The van der Waals surface area contributed by atoms with E-state index in [0.717, 1.165) is 12.5 Å². The van der Waals surface area contributed by atoms with Crippen LogP contribution in [0.4, 0.5) is 0 Å². The van der Waals surface area contributed by atoms with E-state index in [9.17, 15) is 0 Å². The predicted octanol–water partition coefficient (Wildman–Crippen LogP) is 4.13. The summed E-state index contributed by atoms with van der Waals surface area (Å²) in [6.45, 7) is 0.984. The van der Waals surface area contributed by atoms with Gasteiger partial charge in [0.1, 0.15) is 0 Å². The van der Waals surface area contributed by atoms with E-state index in [1.54, 1.807) is 0 Å². The van der Waals surface area contributed by atoms with E-state index in [0.29, 0.717) is 11.5 Å². The molecule has 2 rings (SSSR count). The van der Waals surface area contributed by atoms with Crippen molar-refractivity contribution >= 4 is 11.6 Å². The fraction of sp³-hybridized carbons (Fsp3) is 1.00. The van der Waals surface area contributed by atoms with Crippen LogP contribution in [0.15, 0.2) is 0 Å². The second kappa shape index (κ2) is 6.10. The van der Waals surface area contributed by atoms with Gasteiger partial charge in [0.2, 0.25) is 0 Å². The Balaban J connectivity index is 1.56. The van der Waals surface area contributed by atoms with E-state index in [1.165, 1.54) is 57.8 Å². The molecular formula is C13H23ClO. The Morgan fingerprint density at radius 3 is 2.60 bits per heavy atom. The van der Waals surface area contributed by atoms with Gasteiger partial charge in [0.05, 0.1) is 6.10 Å². The van der Waals surface area contributed by atoms with Crippen LogP contribution in [0.25, 0.3) is 0 Å². The third-order valence-electron chi connectivity index (χ3n) is 3.94. The molecule has 1 aliphatic heterocycles. The SMILES string of the molecule is ClC(CCCC1CCCO1)C1CCCC1. The molecule has 1 aliphatic carbocycles. The number of hydrogen-bond donors (Lipinski definition) is 0. The molecule has 1 nitrogen and oxygen atoms in total. The van der Waals surface area contributed by atoms with Gasteiger partial charge >= 0.3 is 0 Å². The number of ether oxygens (including phenoxy) is 1. The maximum Gasteiger partial charge on any atom is 0.0576 e. The van der Waals surface area contributed by atoms with Crippen molar-refractivity contribution in [1.82, 2.24) is 0 Å². The summed E-state index contributed by atoms with van der Waals surface area (Å²) in [7, 11) is 0. The van der Waals surface area contributed by atoms with Crippen molar-refractivity contribution in [3.8, 4) is 0 Å². The summed E-state index contributed by atoms with van der Waals surface area (Å²) in [6.07, 6.45) is 12.3.